The Hall–Kier alpha value is -1.71. The van der Waals surface area contributed by atoms with Crippen molar-refractivity contribution in [1.29, 1.82) is 0 Å². The van der Waals surface area contributed by atoms with Crippen molar-refractivity contribution in [2.24, 2.45) is 0 Å². The summed E-state index contributed by atoms with van der Waals surface area (Å²) in [5, 5.41) is 3.97. The van der Waals surface area contributed by atoms with E-state index in [2.05, 4.69) is 26.0 Å². The van der Waals surface area contributed by atoms with Crippen molar-refractivity contribution in [3.05, 3.63) is 51.3 Å². The third-order valence-electron chi connectivity index (χ3n) is 4.93. The Morgan fingerprint density at radius 3 is 2.36 bits per heavy atom. The van der Waals surface area contributed by atoms with E-state index in [9.17, 15) is 13.2 Å². The van der Waals surface area contributed by atoms with Gasteiger partial charge in [0.05, 0.1) is 11.4 Å². The maximum atomic E-state index is 12.5. The number of nitrogens with zero attached hydrogens (tertiary/aromatic N) is 3. The summed E-state index contributed by atoms with van der Waals surface area (Å²) in [6, 6.07) is 7.09. The minimum Gasteiger partial charge on any atom is -0.361 e. The summed E-state index contributed by atoms with van der Waals surface area (Å²) < 4.78 is 30.9. The molecule has 0 unspecified atom stereocenters. The van der Waals surface area contributed by atoms with Crippen LogP contribution < -0.4 is 0 Å². The Morgan fingerprint density at radius 1 is 1.14 bits per heavy atom. The van der Waals surface area contributed by atoms with E-state index < -0.39 is 15.6 Å². The fourth-order valence-electron chi connectivity index (χ4n) is 3.27. The SMILES string of the molecule is Cc1noc(C)c1CN1CCN(C(=O)CS(=O)(=O)Cc2ccc(Br)cc2)CC1. The van der Waals surface area contributed by atoms with Crippen molar-refractivity contribution in [2.75, 3.05) is 31.9 Å². The van der Waals surface area contributed by atoms with Crippen LogP contribution in [0.15, 0.2) is 33.3 Å². The van der Waals surface area contributed by atoms with Crippen molar-refractivity contribution >= 4 is 31.7 Å². The third kappa shape index (κ3) is 5.42. The van der Waals surface area contributed by atoms with E-state index in [4.69, 9.17) is 4.52 Å². The lowest BCUT2D eigenvalue weighted by Crippen LogP contribution is -2.49. The summed E-state index contributed by atoms with van der Waals surface area (Å²) in [6.45, 7) is 6.98. The number of halogens is 1. The fourth-order valence-corrected chi connectivity index (χ4v) is 4.90. The molecule has 1 aliphatic heterocycles. The van der Waals surface area contributed by atoms with E-state index in [1.54, 1.807) is 29.2 Å². The zero-order chi connectivity index (χ0) is 20.3. The maximum Gasteiger partial charge on any atom is 0.237 e. The first-order chi connectivity index (χ1) is 13.2. The molecule has 28 heavy (non-hydrogen) atoms. The van der Waals surface area contributed by atoms with Crippen LogP contribution in [0, 0.1) is 13.8 Å². The molecule has 1 aromatic carbocycles. The highest BCUT2D eigenvalue weighted by Crippen LogP contribution is 2.17. The van der Waals surface area contributed by atoms with Gasteiger partial charge in [-0.05, 0) is 31.5 Å². The Morgan fingerprint density at radius 2 is 1.79 bits per heavy atom. The number of amides is 1. The standard InChI is InChI=1S/C19H24BrN3O4S/c1-14-18(15(2)27-21-14)11-22-7-9-23(10-8-22)19(24)13-28(25,26)12-16-3-5-17(20)6-4-16/h3-6H,7-13H2,1-2H3. The Labute approximate surface area is 173 Å². The lowest BCUT2D eigenvalue weighted by molar-refractivity contribution is -0.130. The molecule has 0 aliphatic carbocycles. The topological polar surface area (TPSA) is 83.7 Å². The summed E-state index contributed by atoms with van der Waals surface area (Å²) in [7, 11) is -3.50. The van der Waals surface area contributed by atoms with Crippen molar-refractivity contribution in [2.45, 2.75) is 26.1 Å². The van der Waals surface area contributed by atoms with Gasteiger partial charge in [0.1, 0.15) is 11.5 Å². The molecule has 1 saturated heterocycles. The predicted octanol–water partition coefficient (Wildman–Crippen LogP) is 2.31. The van der Waals surface area contributed by atoms with Gasteiger partial charge in [-0.2, -0.15) is 0 Å². The van der Waals surface area contributed by atoms with E-state index in [0.717, 1.165) is 28.0 Å². The number of hydrogen-bond acceptors (Lipinski definition) is 6. The summed E-state index contributed by atoms with van der Waals surface area (Å²) in [6.07, 6.45) is 0. The van der Waals surface area contributed by atoms with E-state index in [0.29, 0.717) is 31.7 Å². The van der Waals surface area contributed by atoms with Gasteiger partial charge in [-0.1, -0.05) is 33.2 Å². The molecule has 0 bridgehead atoms. The van der Waals surface area contributed by atoms with E-state index in [-0.39, 0.29) is 11.7 Å². The van der Waals surface area contributed by atoms with Gasteiger partial charge in [-0.3, -0.25) is 9.69 Å². The van der Waals surface area contributed by atoms with Gasteiger partial charge in [0.25, 0.3) is 0 Å². The van der Waals surface area contributed by atoms with Gasteiger partial charge in [-0.25, -0.2) is 8.42 Å². The van der Waals surface area contributed by atoms with Crippen LogP contribution in [-0.4, -0.2) is 61.2 Å². The van der Waals surface area contributed by atoms with Crippen LogP contribution in [0.2, 0.25) is 0 Å². The van der Waals surface area contributed by atoms with Crippen LogP contribution in [0.1, 0.15) is 22.6 Å². The van der Waals surface area contributed by atoms with Crippen LogP contribution >= 0.6 is 15.9 Å². The molecule has 2 heterocycles. The number of benzene rings is 1. The quantitative estimate of drug-likeness (QED) is 0.645. The largest absolute Gasteiger partial charge is 0.361 e. The minimum absolute atomic E-state index is 0.127. The molecule has 0 N–H and O–H groups in total. The molecule has 0 spiro atoms. The monoisotopic (exact) mass is 469 g/mol. The predicted molar refractivity (Wildman–Crippen MR) is 109 cm³/mol. The number of hydrogen-bond donors (Lipinski definition) is 0. The number of aromatic nitrogens is 1. The summed E-state index contributed by atoms with van der Waals surface area (Å²) in [5.74, 6) is -0.0885. The molecular formula is C19H24BrN3O4S. The van der Waals surface area contributed by atoms with Gasteiger partial charge < -0.3 is 9.42 Å². The summed E-state index contributed by atoms with van der Waals surface area (Å²) in [5.41, 5.74) is 2.65. The first-order valence-corrected chi connectivity index (χ1v) is 11.7. The molecule has 152 valence electrons. The smallest absolute Gasteiger partial charge is 0.237 e. The molecule has 2 aromatic rings. The highest BCUT2D eigenvalue weighted by atomic mass is 79.9. The van der Waals surface area contributed by atoms with Crippen LogP contribution in [-0.2, 0) is 26.9 Å². The second kappa shape index (κ2) is 8.75. The number of carbonyl (C=O) groups is 1. The second-order valence-corrected chi connectivity index (χ2v) is 10.1. The molecule has 1 amide bonds. The zero-order valence-corrected chi connectivity index (χ0v) is 18.4. The molecule has 1 aromatic heterocycles. The average molecular weight is 470 g/mol. The Kier molecular flexibility index (Phi) is 6.57. The van der Waals surface area contributed by atoms with Crippen LogP contribution in [0.25, 0.3) is 0 Å². The average Bonchev–Trinajstić information content (AvgIpc) is 2.95. The van der Waals surface area contributed by atoms with Gasteiger partial charge in [0.2, 0.25) is 5.91 Å². The van der Waals surface area contributed by atoms with Gasteiger partial charge >= 0.3 is 0 Å². The van der Waals surface area contributed by atoms with Crippen molar-refractivity contribution < 1.29 is 17.7 Å². The molecule has 1 fully saturated rings. The van der Waals surface area contributed by atoms with E-state index in [1.807, 2.05) is 13.8 Å². The fraction of sp³-hybridized carbons (Fsp3) is 0.474. The summed E-state index contributed by atoms with van der Waals surface area (Å²) in [4.78, 5) is 16.4. The van der Waals surface area contributed by atoms with E-state index >= 15 is 0 Å². The molecule has 3 rings (SSSR count). The Bertz CT molecular complexity index is 913. The van der Waals surface area contributed by atoms with Gasteiger partial charge in [-0.15, -0.1) is 0 Å². The molecule has 1 aliphatic rings. The lowest BCUT2D eigenvalue weighted by atomic mass is 10.2. The van der Waals surface area contributed by atoms with Crippen molar-refractivity contribution in [1.82, 2.24) is 15.0 Å². The van der Waals surface area contributed by atoms with E-state index in [1.165, 1.54) is 0 Å². The van der Waals surface area contributed by atoms with Crippen LogP contribution in [0.5, 0.6) is 0 Å². The lowest BCUT2D eigenvalue weighted by Gasteiger charge is -2.34. The van der Waals surface area contributed by atoms with Crippen molar-refractivity contribution in [3.63, 3.8) is 0 Å². The molecule has 0 saturated carbocycles. The first-order valence-electron chi connectivity index (χ1n) is 9.10. The Balaban J connectivity index is 1.51. The minimum atomic E-state index is -3.50. The third-order valence-corrected chi connectivity index (χ3v) is 6.92. The second-order valence-electron chi connectivity index (χ2n) is 7.12. The number of sulfone groups is 1. The molecular weight excluding hydrogens is 446 g/mol. The number of rotatable bonds is 6. The highest BCUT2D eigenvalue weighted by molar-refractivity contribution is 9.10. The van der Waals surface area contributed by atoms with Gasteiger partial charge in [0.15, 0.2) is 9.84 Å². The first kappa shape index (κ1) is 21.0. The van der Waals surface area contributed by atoms with Crippen molar-refractivity contribution in [3.8, 4) is 0 Å². The zero-order valence-electron chi connectivity index (χ0n) is 16.0. The normalized spacial score (nSPS) is 15.8. The number of carbonyl (C=O) groups excluding carboxylic acids is 1. The number of piperazine rings is 1. The maximum absolute atomic E-state index is 12.5. The molecule has 0 atom stereocenters. The van der Waals surface area contributed by atoms with Crippen LogP contribution in [0.4, 0.5) is 0 Å². The summed E-state index contributed by atoms with van der Waals surface area (Å²) >= 11 is 3.33. The molecule has 7 nitrogen and oxygen atoms in total. The highest BCUT2D eigenvalue weighted by Gasteiger charge is 2.26. The number of aryl methyl sites for hydroxylation is 2. The molecule has 0 radical (unpaired) electrons. The van der Waals surface area contributed by atoms with Gasteiger partial charge in [0, 0.05) is 42.8 Å². The molecule has 9 heteroatoms. The van der Waals surface area contributed by atoms with Crippen LogP contribution in [0.3, 0.4) is 0 Å².